The lowest BCUT2D eigenvalue weighted by molar-refractivity contribution is 0.0884. The number of para-hydroxylation sites is 1. The molecule has 1 N–H and O–H groups in total. The summed E-state index contributed by atoms with van der Waals surface area (Å²) >= 11 is 0. The summed E-state index contributed by atoms with van der Waals surface area (Å²) in [5, 5.41) is 4.42. The Morgan fingerprint density at radius 2 is 1.57 bits per heavy atom. The van der Waals surface area contributed by atoms with Crippen molar-refractivity contribution >= 4 is 16.8 Å². The van der Waals surface area contributed by atoms with E-state index in [4.69, 9.17) is 0 Å². The van der Waals surface area contributed by atoms with Crippen molar-refractivity contribution in [2.75, 3.05) is 7.05 Å². The third-order valence-corrected chi connectivity index (χ3v) is 6.81. The van der Waals surface area contributed by atoms with Crippen molar-refractivity contribution in [3.63, 3.8) is 0 Å². The van der Waals surface area contributed by atoms with E-state index in [1.54, 1.807) is 0 Å². The Morgan fingerprint density at radius 3 is 2.29 bits per heavy atom. The Hall–Kier alpha value is -2.59. The zero-order valence-electron chi connectivity index (χ0n) is 16.6. The fourth-order valence-electron chi connectivity index (χ4n) is 5.34. The molecule has 2 unspecified atom stereocenters. The monoisotopic (exact) mass is 373 g/mol. The predicted molar refractivity (Wildman–Crippen MR) is 113 cm³/mol. The topological polar surface area (TPSA) is 37.3 Å². The van der Waals surface area contributed by atoms with Gasteiger partial charge in [-0.2, -0.15) is 0 Å². The summed E-state index contributed by atoms with van der Waals surface area (Å²) in [5.74, 6) is 0.0598. The molecule has 3 heterocycles. The van der Waals surface area contributed by atoms with Crippen molar-refractivity contribution in [1.29, 1.82) is 0 Å². The number of fused-ring (bicyclic) bond motifs is 3. The molecule has 1 aromatic heterocycles. The molecule has 2 atom stereocenters. The molecule has 2 aliphatic heterocycles. The van der Waals surface area contributed by atoms with Crippen LogP contribution >= 0.6 is 0 Å². The summed E-state index contributed by atoms with van der Waals surface area (Å²) in [5.41, 5.74) is 3.97. The Bertz CT molecular complexity index is 1010. The van der Waals surface area contributed by atoms with Crippen LogP contribution in [0.5, 0.6) is 0 Å². The zero-order chi connectivity index (χ0) is 19.3. The summed E-state index contributed by atoms with van der Waals surface area (Å²) in [4.78, 5) is 16.0. The molecule has 5 rings (SSSR count). The van der Waals surface area contributed by atoms with Crippen LogP contribution in [0.3, 0.4) is 0 Å². The number of hydrogen-bond acceptors (Lipinski definition) is 2. The van der Waals surface area contributed by atoms with E-state index >= 15 is 0 Å². The summed E-state index contributed by atoms with van der Waals surface area (Å²) in [6, 6.07) is 20.0. The molecule has 3 aromatic rings. The molecule has 144 valence electrons. The zero-order valence-corrected chi connectivity index (χ0v) is 16.6. The average Bonchev–Trinajstić information content (AvgIpc) is 3.10. The Labute approximate surface area is 166 Å². The first-order valence-electron chi connectivity index (χ1n) is 10.3. The number of benzene rings is 2. The van der Waals surface area contributed by atoms with Crippen molar-refractivity contribution in [3.8, 4) is 11.3 Å². The van der Waals surface area contributed by atoms with Crippen LogP contribution in [0, 0.1) is 0 Å². The van der Waals surface area contributed by atoms with Crippen LogP contribution in [-0.2, 0) is 7.05 Å². The number of carbonyl (C=O) groups excluding carboxylic acids is 1. The Kier molecular flexibility index (Phi) is 4.24. The van der Waals surface area contributed by atoms with Gasteiger partial charge in [-0.3, -0.25) is 4.79 Å². The lowest BCUT2D eigenvalue weighted by atomic mass is 9.97. The molecule has 0 saturated carbocycles. The summed E-state index contributed by atoms with van der Waals surface area (Å²) in [6.07, 6.45) is 4.64. The van der Waals surface area contributed by atoms with Gasteiger partial charge in [-0.25, -0.2) is 0 Å². The number of carbonyl (C=O) groups is 1. The fraction of sp³-hybridized carbons (Fsp3) is 0.375. The molecule has 0 radical (unpaired) electrons. The van der Waals surface area contributed by atoms with Gasteiger partial charge in [0.1, 0.15) is 0 Å². The Morgan fingerprint density at radius 1 is 0.929 bits per heavy atom. The van der Waals surface area contributed by atoms with Gasteiger partial charge in [0, 0.05) is 36.1 Å². The maximum Gasteiger partial charge on any atom is 0.254 e. The molecule has 1 amide bonds. The lowest BCUT2D eigenvalue weighted by Gasteiger charge is -2.36. The van der Waals surface area contributed by atoms with Gasteiger partial charge in [0.15, 0.2) is 0 Å². The molecule has 0 aliphatic carbocycles. The molecule has 2 aliphatic rings. The van der Waals surface area contributed by atoms with Gasteiger partial charge in [-0.05, 0) is 44.4 Å². The second-order valence-corrected chi connectivity index (χ2v) is 8.36. The second kappa shape index (κ2) is 6.78. The Balaban J connectivity index is 1.54. The van der Waals surface area contributed by atoms with E-state index in [1.807, 2.05) is 30.3 Å². The number of amides is 1. The molecule has 28 heavy (non-hydrogen) atoms. The SMILES string of the molecule is CN1C2CCC1CC(NC(=O)c1c(-c3ccccc3)n(C)c3ccccc13)C2. The van der Waals surface area contributed by atoms with Crippen LogP contribution in [0.2, 0.25) is 0 Å². The number of hydrogen-bond donors (Lipinski definition) is 1. The third-order valence-electron chi connectivity index (χ3n) is 6.81. The van der Waals surface area contributed by atoms with Gasteiger partial charge in [-0.1, -0.05) is 48.5 Å². The highest BCUT2D eigenvalue weighted by atomic mass is 16.1. The highest BCUT2D eigenvalue weighted by Gasteiger charge is 2.39. The van der Waals surface area contributed by atoms with Crippen LogP contribution in [0.1, 0.15) is 36.0 Å². The number of nitrogens with one attached hydrogen (secondary N) is 1. The van der Waals surface area contributed by atoms with Gasteiger partial charge in [0.05, 0.1) is 11.3 Å². The first-order chi connectivity index (χ1) is 13.6. The van der Waals surface area contributed by atoms with Gasteiger partial charge in [-0.15, -0.1) is 0 Å². The normalized spacial score (nSPS) is 24.6. The van der Waals surface area contributed by atoms with Crippen molar-refractivity contribution in [3.05, 3.63) is 60.2 Å². The first-order valence-corrected chi connectivity index (χ1v) is 10.3. The van der Waals surface area contributed by atoms with Crippen LogP contribution in [0.15, 0.2) is 54.6 Å². The second-order valence-electron chi connectivity index (χ2n) is 8.36. The minimum Gasteiger partial charge on any atom is -0.349 e. The van der Waals surface area contributed by atoms with E-state index in [2.05, 4.69) is 53.1 Å². The van der Waals surface area contributed by atoms with Gasteiger partial charge < -0.3 is 14.8 Å². The molecule has 2 bridgehead atoms. The molecule has 2 fully saturated rings. The molecule has 2 saturated heterocycles. The molecule has 4 nitrogen and oxygen atoms in total. The van der Waals surface area contributed by atoms with E-state index in [1.165, 1.54) is 12.8 Å². The number of rotatable bonds is 3. The van der Waals surface area contributed by atoms with Crippen LogP contribution in [0.25, 0.3) is 22.2 Å². The van der Waals surface area contributed by atoms with Gasteiger partial charge in [0.25, 0.3) is 5.91 Å². The maximum atomic E-state index is 13.5. The van der Waals surface area contributed by atoms with E-state index < -0.39 is 0 Å². The van der Waals surface area contributed by atoms with Gasteiger partial charge >= 0.3 is 0 Å². The number of nitrogens with zero attached hydrogens (tertiary/aromatic N) is 2. The first kappa shape index (κ1) is 17.5. The molecular weight excluding hydrogens is 346 g/mol. The molecule has 4 heteroatoms. The number of aryl methyl sites for hydroxylation is 1. The van der Waals surface area contributed by atoms with Gasteiger partial charge in [0.2, 0.25) is 0 Å². The van der Waals surface area contributed by atoms with Crippen molar-refractivity contribution in [1.82, 2.24) is 14.8 Å². The molecule has 0 spiro atoms. The van der Waals surface area contributed by atoms with E-state index in [-0.39, 0.29) is 11.9 Å². The van der Waals surface area contributed by atoms with E-state index in [0.29, 0.717) is 12.1 Å². The smallest absolute Gasteiger partial charge is 0.254 e. The standard InChI is InChI=1S/C24H27N3O/c1-26-18-12-13-19(26)15-17(14-18)25-24(28)22-20-10-6-7-11-21(20)27(2)23(22)16-8-4-3-5-9-16/h3-11,17-19H,12-15H2,1-2H3,(H,25,28). The quantitative estimate of drug-likeness (QED) is 0.747. The summed E-state index contributed by atoms with van der Waals surface area (Å²) in [6.45, 7) is 0. The maximum absolute atomic E-state index is 13.5. The lowest BCUT2D eigenvalue weighted by Crippen LogP contribution is -2.48. The van der Waals surface area contributed by atoms with Crippen LogP contribution in [0.4, 0.5) is 0 Å². The van der Waals surface area contributed by atoms with E-state index in [9.17, 15) is 4.79 Å². The van der Waals surface area contributed by atoms with Crippen LogP contribution < -0.4 is 5.32 Å². The minimum atomic E-state index is 0.0598. The third kappa shape index (κ3) is 2.75. The average molecular weight is 374 g/mol. The van der Waals surface area contributed by atoms with Crippen LogP contribution in [-0.4, -0.2) is 40.5 Å². The highest BCUT2D eigenvalue weighted by molar-refractivity contribution is 6.12. The van der Waals surface area contributed by atoms with E-state index in [0.717, 1.165) is 40.6 Å². The highest BCUT2D eigenvalue weighted by Crippen LogP contribution is 2.36. The molecule has 2 aromatic carbocycles. The largest absolute Gasteiger partial charge is 0.349 e. The molecular formula is C24H27N3O. The number of aromatic nitrogens is 1. The summed E-state index contributed by atoms with van der Waals surface area (Å²) in [7, 11) is 4.29. The fourth-order valence-corrected chi connectivity index (χ4v) is 5.34. The van der Waals surface area contributed by atoms with Crippen molar-refractivity contribution in [2.45, 2.75) is 43.8 Å². The predicted octanol–water partition coefficient (Wildman–Crippen LogP) is 4.20. The number of piperidine rings is 1. The summed E-state index contributed by atoms with van der Waals surface area (Å²) < 4.78 is 2.15. The van der Waals surface area contributed by atoms with Crippen molar-refractivity contribution in [2.24, 2.45) is 7.05 Å². The van der Waals surface area contributed by atoms with Crippen molar-refractivity contribution < 1.29 is 4.79 Å². The minimum absolute atomic E-state index is 0.0598.